The third kappa shape index (κ3) is 3.07. The minimum atomic E-state index is -3.46. The molecule has 0 saturated carbocycles. The van der Waals surface area contributed by atoms with Crippen LogP contribution in [0, 0.1) is 12.3 Å². The Morgan fingerprint density at radius 3 is 2.00 bits per heavy atom. The molecule has 0 saturated heterocycles. The van der Waals surface area contributed by atoms with Crippen LogP contribution in [0.4, 0.5) is 8.78 Å². The Balaban J connectivity index is 2.93. The average molecular weight is 272 g/mol. The van der Waals surface area contributed by atoms with Crippen molar-refractivity contribution in [1.82, 2.24) is 0 Å². The van der Waals surface area contributed by atoms with Crippen molar-refractivity contribution in [3.05, 3.63) is 35.4 Å². The molecule has 104 valence electrons. The first kappa shape index (κ1) is 15.1. The molecule has 0 aliphatic rings. The average Bonchev–Trinajstić information content (AvgIpc) is 2.30. The number of carboxylic acids is 2. The molecule has 0 fully saturated rings. The standard InChI is InChI=1S/C13H14F2O4/c1-8-2-4-9(5-3-8)6-7-13(10(14)15,11(16)17)12(18)19/h2-5,10H,6-7H2,1H3,(H,16,17)(H,18,19). The molecule has 2 N–H and O–H groups in total. The third-order valence-corrected chi connectivity index (χ3v) is 3.06. The molecule has 6 heteroatoms. The van der Waals surface area contributed by atoms with Crippen LogP contribution in [0.3, 0.4) is 0 Å². The van der Waals surface area contributed by atoms with Gasteiger partial charge in [0.25, 0.3) is 6.43 Å². The molecule has 0 atom stereocenters. The SMILES string of the molecule is Cc1ccc(CCC(C(=O)O)(C(=O)O)C(F)F)cc1. The normalized spacial score (nSPS) is 11.6. The van der Waals surface area contributed by atoms with E-state index in [4.69, 9.17) is 10.2 Å². The molecule has 0 unspecified atom stereocenters. The fraction of sp³-hybridized carbons (Fsp3) is 0.385. The highest BCUT2D eigenvalue weighted by Crippen LogP contribution is 2.32. The highest BCUT2D eigenvalue weighted by atomic mass is 19.3. The minimum absolute atomic E-state index is 0.0385. The van der Waals surface area contributed by atoms with E-state index >= 15 is 0 Å². The zero-order chi connectivity index (χ0) is 14.6. The van der Waals surface area contributed by atoms with Crippen molar-refractivity contribution in [3.63, 3.8) is 0 Å². The Hall–Kier alpha value is -1.98. The monoisotopic (exact) mass is 272 g/mol. The maximum Gasteiger partial charge on any atom is 0.327 e. The van der Waals surface area contributed by atoms with Crippen molar-refractivity contribution in [2.45, 2.75) is 26.2 Å². The van der Waals surface area contributed by atoms with Crippen molar-refractivity contribution < 1.29 is 28.6 Å². The minimum Gasteiger partial charge on any atom is -0.480 e. The lowest BCUT2D eigenvalue weighted by atomic mass is 9.82. The lowest BCUT2D eigenvalue weighted by molar-refractivity contribution is -0.177. The van der Waals surface area contributed by atoms with E-state index in [9.17, 15) is 18.4 Å². The second-order valence-electron chi connectivity index (χ2n) is 4.37. The van der Waals surface area contributed by atoms with E-state index in [-0.39, 0.29) is 6.42 Å². The summed E-state index contributed by atoms with van der Waals surface area (Å²) < 4.78 is 25.7. The van der Waals surface area contributed by atoms with Gasteiger partial charge in [-0.1, -0.05) is 29.8 Å². The molecule has 0 spiro atoms. The van der Waals surface area contributed by atoms with Gasteiger partial charge in [-0.25, -0.2) is 8.78 Å². The first-order valence-electron chi connectivity index (χ1n) is 5.61. The van der Waals surface area contributed by atoms with Crippen LogP contribution in [0.1, 0.15) is 17.5 Å². The highest BCUT2D eigenvalue weighted by Gasteiger charge is 2.54. The number of rotatable bonds is 6. The summed E-state index contributed by atoms with van der Waals surface area (Å²) in [6.07, 6.45) is -4.16. The van der Waals surface area contributed by atoms with Gasteiger partial charge in [0, 0.05) is 0 Å². The van der Waals surface area contributed by atoms with Crippen LogP contribution in [0.2, 0.25) is 0 Å². The molecule has 1 rings (SSSR count). The maximum atomic E-state index is 12.9. The van der Waals surface area contributed by atoms with E-state index in [0.717, 1.165) is 5.56 Å². The number of alkyl halides is 2. The number of hydrogen-bond donors (Lipinski definition) is 2. The zero-order valence-electron chi connectivity index (χ0n) is 10.3. The summed E-state index contributed by atoms with van der Waals surface area (Å²) >= 11 is 0. The Morgan fingerprint density at radius 1 is 1.16 bits per heavy atom. The van der Waals surface area contributed by atoms with Crippen LogP contribution >= 0.6 is 0 Å². The number of halogens is 2. The number of aryl methyl sites for hydroxylation is 2. The Bertz CT molecular complexity index is 454. The van der Waals surface area contributed by atoms with Crippen LogP contribution in [0.5, 0.6) is 0 Å². The molecule has 0 radical (unpaired) electrons. The van der Waals surface area contributed by atoms with E-state index in [2.05, 4.69) is 0 Å². The lowest BCUT2D eigenvalue weighted by Gasteiger charge is -2.23. The predicted molar refractivity (Wildman–Crippen MR) is 63.2 cm³/mol. The number of carbonyl (C=O) groups is 2. The van der Waals surface area contributed by atoms with E-state index in [0.29, 0.717) is 5.56 Å². The molecule has 0 aliphatic carbocycles. The Labute approximate surface area is 108 Å². The Morgan fingerprint density at radius 2 is 1.63 bits per heavy atom. The second kappa shape index (κ2) is 5.77. The van der Waals surface area contributed by atoms with Gasteiger partial charge in [-0.05, 0) is 25.3 Å². The summed E-state index contributed by atoms with van der Waals surface area (Å²) in [5, 5.41) is 17.7. The van der Waals surface area contributed by atoms with Gasteiger partial charge in [-0.15, -0.1) is 0 Å². The third-order valence-electron chi connectivity index (χ3n) is 3.06. The lowest BCUT2D eigenvalue weighted by Crippen LogP contribution is -2.46. The molecule has 4 nitrogen and oxygen atoms in total. The van der Waals surface area contributed by atoms with Crippen LogP contribution < -0.4 is 0 Å². The predicted octanol–water partition coefficient (Wildman–Crippen LogP) is 2.35. The van der Waals surface area contributed by atoms with Crippen LogP contribution in [0.15, 0.2) is 24.3 Å². The fourth-order valence-corrected chi connectivity index (χ4v) is 1.70. The molecule has 19 heavy (non-hydrogen) atoms. The number of aliphatic carboxylic acids is 2. The second-order valence-corrected chi connectivity index (χ2v) is 4.37. The molecule has 1 aromatic rings. The van der Waals surface area contributed by atoms with Gasteiger partial charge < -0.3 is 10.2 Å². The van der Waals surface area contributed by atoms with E-state index in [1.165, 1.54) is 0 Å². The molecule has 0 aliphatic heterocycles. The van der Waals surface area contributed by atoms with Crippen molar-refractivity contribution in [1.29, 1.82) is 0 Å². The van der Waals surface area contributed by atoms with Gasteiger partial charge in [0.05, 0.1) is 0 Å². The summed E-state index contributed by atoms with van der Waals surface area (Å²) in [5.74, 6) is -4.02. The molecule has 1 aromatic carbocycles. The van der Waals surface area contributed by atoms with Crippen molar-refractivity contribution in [3.8, 4) is 0 Å². The van der Waals surface area contributed by atoms with Crippen LogP contribution in [-0.4, -0.2) is 28.6 Å². The van der Waals surface area contributed by atoms with Gasteiger partial charge in [0.15, 0.2) is 0 Å². The van der Waals surface area contributed by atoms with E-state index < -0.39 is 30.2 Å². The number of carboxylic acid groups (broad SMARTS) is 2. The number of benzene rings is 1. The molecule has 0 aromatic heterocycles. The quantitative estimate of drug-likeness (QED) is 0.779. The smallest absolute Gasteiger partial charge is 0.327 e. The van der Waals surface area contributed by atoms with Crippen LogP contribution in [0.25, 0.3) is 0 Å². The first-order chi connectivity index (χ1) is 8.80. The summed E-state index contributed by atoms with van der Waals surface area (Å²) in [4.78, 5) is 21.8. The van der Waals surface area contributed by atoms with Crippen molar-refractivity contribution >= 4 is 11.9 Å². The van der Waals surface area contributed by atoms with Gasteiger partial charge in [-0.2, -0.15) is 0 Å². The molecular formula is C13H14F2O4. The van der Waals surface area contributed by atoms with E-state index in [1.807, 2.05) is 6.92 Å². The number of hydrogen-bond acceptors (Lipinski definition) is 2. The van der Waals surface area contributed by atoms with Gasteiger partial charge >= 0.3 is 11.9 Å². The van der Waals surface area contributed by atoms with Gasteiger partial charge in [0.2, 0.25) is 5.41 Å². The summed E-state index contributed by atoms with van der Waals surface area (Å²) in [7, 11) is 0. The molecule has 0 heterocycles. The van der Waals surface area contributed by atoms with Gasteiger partial charge in [-0.3, -0.25) is 9.59 Å². The maximum absolute atomic E-state index is 12.9. The summed E-state index contributed by atoms with van der Waals surface area (Å²) in [6, 6.07) is 6.83. The zero-order valence-corrected chi connectivity index (χ0v) is 10.3. The Kier molecular flexibility index (Phi) is 4.58. The van der Waals surface area contributed by atoms with Crippen LogP contribution in [-0.2, 0) is 16.0 Å². The fourth-order valence-electron chi connectivity index (χ4n) is 1.70. The molecule has 0 bridgehead atoms. The highest BCUT2D eigenvalue weighted by molar-refractivity contribution is 5.98. The molecular weight excluding hydrogens is 258 g/mol. The topological polar surface area (TPSA) is 74.6 Å². The van der Waals surface area contributed by atoms with E-state index in [1.54, 1.807) is 24.3 Å². The van der Waals surface area contributed by atoms with Crippen molar-refractivity contribution in [2.24, 2.45) is 5.41 Å². The largest absolute Gasteiger partial charge is 0.480 e. The van der Waals surface area contributed by atoms with Gasteiger partial charge in [0.1, 0.15) is 0 Å². The summed E-state index contributed by atoms with van der Waals surface area (Å²) in [6.45, 7) is 1.85. The molecule has 0 amide bonds. The summed E-state index contributed by atoms with van der Waals surface area (Å²) in [5.41, 5.74) is -1.45. The first-order valence-corrected chi connectivity index (χ1v) is 5.61. The van der Waals surface area contributed by atoms with Crippen molar-refractivity contribution in [2.75, 3.05) is 0 Å².